The molecule has 0 bridgehead atoms. The highest BCUT2D eigenvalue weighted by atomic mass is 35.5. The van der Waals surface area contributed by atoms with E-state index in [1.165, 1.54) is 0 Å². The first-order chi connectivity index (χ1) is 11.7. The Morgan fingerprint density at radius 1 is 1.24 bits per heavy atom. The minimum absolute atomic E-state index is 0. The number of amides is 1. The quantitative estimate of drug-likeness (QED) is 0.704. The van der Waals surface area contributed by atoms with E-state index < -0.39 is 6.10 Å². The molecule has 0 radical (unpaired) electrons. The van der Waals surface area contributed by atoms with Crippen molar-refractivity contribution in [2.24, 2.45) is 0 Å². The standard InChI is InChI=1S/C19H24N2O3.ClH/c22-18(16-8-7-14-4-1-2-5-15(14)10-16)12-21-19(23)13-20-11-17-6-3-9-24-17;/h1-2,4-5,7-8,10,17-18,20,22H,3,6,9,11-13H2,(H,21,23);1H. The molecule has 0 spiro atoms. The van der Waals surface area contributed by atoms with Crippen molar-refractivity contribution in [1.29, 1.82) is 0 Å². The van der Waals surface area contributed by atoms with Crippen LogP contribution < -0.4 is 10.6 Å². The number of hydrogen-bond acceptors (Lipinski definition) is 4. The van der Waals surface area contributed by atoms with E-state index in [9.17, 15) is 9.90 Å². The van der Waals surface area contributed by atoms with Crippen molar-refractivity contribution in [1.82, 2.24) is 10.6 Å². The molecule has 136 valence electrons. The van der Waals surface area contributed by atoms with Gasteiger partial charge in [-0.05, 0) is 35.2 Å². The van der Waals surface area contributed by atoms with Gasteiger partial charge in [-0.1, -0.05) is 36.4 Å². The first-order valence-electron chi connectivity index (χ1n) is 8.48. The lowest BCUT2D eigenvalue weighted by molar-refractivity contribution is -0.120. The summed E-state index contributed by atoms with van der Waals surface area (Å²) in [4.78, 5) is 11.8. The van der Waals surface area contributed by atoms with Crippen LogP contribution in [0.4, 0.5) is 0 Å². The molecular formula is C19H25ClN2O3. The topological polar surface area (TPSA) is 70.6 Å². The number of aliphatic hydroxyl groups excluding tert-OH is 1. The van der Waals surface area contributed by atoms with Crippen molar-refractivity contribution in [3.63, 3.8) is 0 Å². The minimum atomic E-state index is -0.711. The fourth-order valence-corrected chi connectivity index (χ4v) is 2.96. The van der Waals surface area contributed by atoms with Crippen molar-refractivity contribution in [3.8, 4) is 0 Å². The maximum Gasteiger partial charge on any atom is 0.234 e. The van der Waals surface area contributed by atoms with Gasteiger partial charge in [0, 0.05) is 19.7 Å². The molecule has 5 nitrogen and oxygen atoms in total. The Balaban J connectivity index is 0.00000225. The Kier molecular flexibility index (Phi) is 7.65. The smallest absolute Gasteiger partial charge is 0.234 e. The van der Waals surface area contributed by atoms with Crippen LogP contribution >= 0.6 is 12.4 Å². The molecule has 3 rings (SSSR count). The van der Waals surface area contributed by atoms with Crippen LogP contribution in [0.2, 0.25) is 0 Å². The first kappa shape index (κ1) is 19.7. The molecule has 2 unspecified atom stereocenters. The monoisotopic (exact) mass is 364 g/mol. The highest BCUT2D eigenvalue weighted by Gasteiger charge is 2.15. The molecule has 0 saturated carbocycles. The summed E-state index contributed by atoms with van der Waals surface area (Å²) in [5, 5.41) is 18.3. The maximum absolute atomic E-state index is 11.8. The highest BCUT2D eigenvalue weighted by molar-refractivity contribution is 5.85. The molecule has 1 aliphatic heterocycles. The molecule has 3 N–H and O–H groups in total. The average molecular weight is 365 g/mol. The number of carbonyl (C=O) groups excluding carboxylic acids is 1. The van der Waals surface area contributed by atoms with Crippen LogP contribution in [0.5, 0.6) is 0 Å². The molecule has 25 heavy (non-hydrogen) atoms. The molecule has 2 atom stereocenters. The van der Waals surface area contributed by atoms with Crippen molar-refractivity contribution < 1.29 is 14.6 Å². The van der Waals surface area contributed by atoms with E-state index in [1.54, 1.807) is 0 Å². The summed E-state index contributed by atoms with van der Waals surface area (Å²) in [6.45, 7) is 1.96. The number of benzene rings is 2. The van der Waals surface area contributed by atoms with Gasteiger partial charge in [0.05, 0.1) is 18.8 Å². The lowest BCUT2D eigenvalue weighted by Crippen LogP contribution is -2.38. The van der Waals surface area contributed by atoms with Crippen LogP contribution in [-0.4, -0.2) is 43.4 Å². The van der Waals surface area contributed by atoms with Gasteiger partial charge in [-0.3, -0.25) is 4.79 Å². The average Bonchev–Trinajstić information content (AvgIpc) is 3.12. The Morgan fingerprint density at radius 3 is 2.80 bits per heavy atom. The van der Waals surface area contributed by atoms with Crippen molar-refractivity contribution in [2.45, 2.75) is 25.0 Å². The predicted octanol–water partition coefficient (Wildman–Crippen LogP) is 2.18. The zero-order chi connectivity index (χ0) is 16.8. The summed E-state index contributed by atoms with van der Waals surface area (Å²) in [5.41, 5.74) is 0.807. The van der Waals surface area contributed by atoms with Gasteiger partial charge in [-0.15, -0.1) is 12.4 Å². The number of hydrogen-bond donors (Lipinski definition) is 3. The summed E-state index contributed by atoms with van der Waals surface area (Å²) >= 11 is 0. The van der Waals surface area contributed by atoms with E-state index in [2.05, 4.69) is 10.6 Å². The van der Waals surface area contributed by atoms with Crippen LogP contribution in [-0.2, 0) is 9.53 Å². The van der Waals surface area contributed by atoms with Gasteiger partial charge < -0.3 is 20.5 Å². The molecule has 1 fully saturated rings. The van der Waals surface area contributed by atoms with Gasteiger partial charge in [0.2, 0.25) is 5.91 Å². The minimum Gasteiger partial charge on any atom is -0.387 e. The summed E-state index contributed by atoms with van der Waals surface area (Å²) in [6.07, 6.45) is 1.66. The number of rotatable bonds is 7. The van der Waals surface area contributed by atoms with E-state index >= 15 is 0 Å². The molecular weight excluding hydrogens is 340 g/mol. The van der Waals surface area contributed by atoms with Crippen molar-refractivity contribution in [3.05, 3.63) is 48.0 Å². The molecule has 2 aromatic carbocycles. The third-order valence-corrected chi connectivity index (χ3v) is 4.33. The molecule has 2 aromatic rings. The van der Waals surface area contributed by atoms with E-state index in [4.69, 9.17) is 4.74 Å². The molecule has 1 saturated heterocycles. The van der Waals surface area contributed by atoms with Crippen LogP contribution in [0, 0.1) is 0 Å². The van der Waals surface area contributed by atoms with Crippen LogP contribution in [0.3, 0.4) is 0 Å². The summed E-state index contributed by atoms with van der Waals surface area (Å²) in [6, 6.07) is 13.9. The molecule has 1 heterocycles. The van der Waals surface area contributed by atoms with Crippen molar-refractivity contribution in [2.75, 3.05) is 26.2 Å². The summed E-state index contributed by atoms with van der Waals surface area (Å²) in [5.74, 6) is -0.118. The Labute approximate surface area is 154 Å². The Bertz CT molecular complexity index is 689. The molecule has 1 aliphatic rings. The van der Waals surface area contributed by atoms with E-state index in [0.717, 1.165) is 35.8 Å². The lowest BCUT2D eigenvalue weighted by atomic mass is 10.0. The lowest BCUT2D eigenvalue weighted by Gasteiger charge is -2.14. The third kappa shape index (κ3) is 5.68. The predicted molar refractivity (Wildman–Crippen MR) is 101 cm³/mol. The van der Waals surface area contributed by atoms with Crippen LogP contribution in [0.1, 0.15) is 24.5 Å². The van der Waals surface area contributed by atoms with Gasteiger partial charge in [0.1, 0.15) is 0 Å². The number of halogens is 1. The summed E-state index contributed by atoms with van der Waals surface area (Å²) < 4.78 is 5.49. The van der Waals surface area contributed by atoms with E-state index in [-0.39, 0.29) is 37.5 Å². The largest absolute Gasteiger partial charge is 0.387 e. The Morgan fingerprint density at radius 2 is 2.04 bits per heavy atom. The number of ether oxygens (including phenoxy) is 1. The fourth-order valence-electron chi connectivity index (χ4n) is 2.96. The summed E-state index contributed by atoms with van der Waals surface area (Å²) in [7, 11) is 0. The second-order valence-corrected chi connectivity index (χ2v) is 6.19. The second-order valence-electron chi connectivity index (χ2n) is 6.19. The molecule has 1 amide bonds. The SMILES string of the molecule is Cl.O=C(CNCC1CCCO1)NCC(O)c1ccc2ccccc2c1. The zero-order valence-corrected chi connectivity index (χ0v) is 14.9. The number of carbonyl (C=O) groups is 1. The Hall–Kier alpha value is -1.66. The van der Waals surface area contributed by atoms with Gasteiger partial charge in [0.15, 0.2) is 0 Å². The molecule has 6 heteroatoms. The van der Waals surface area contributed by atoms with E-state index in [0.29, 0.717) is 6.54 Å². The van der Waals surface area contributed by atoms with E-state index in [1.807, 2.05) is 42.5 Å². The normalized spacial score (nSPS) is 17.9. The first-order valence-corrected chi connectivity index (χ1v) is 8.48. The third-order valence-electron chi connectivity index (χ3n) is 4.33. The zero-order valence-electron chi connectivity index (χ0n) is 14.1. The van der Waals surface area contributed by atoms with Crippen LogP contribution in [0.25, 0.3) is 10.8 Å². The second kappa shape index (κ2) is 9.73. The number of nitrogens with one attached hydrogen (secondary N) is 2. The fraction of sp³-hybridized carbons (Fsp3) is 0.421. The van der Waals surface area contributed by atoms with Gasteiger partial charge in [-0.25, -0.2) is 0 Å². The highest BCUT2D eigenvalue weighted by Crippen LogP contribution is 2.20. The number of fused-ring (bicyclic) bond motifs is 1. The van der Waals surface area contributed by atoms with Gasteiger partial charge in [0.25, 0.3) is 0 Å². The van der Waals surface area contributed by atoms with Crippen molar-refractivity contribution >= 4 is 29.1 Å². The molecule has 0 aromatic heterocycles. The van der Waals surface area contributed by atoms with Gasteiger partial charge in [-0.2, -0.15) is 0 Å². The maximum atomic E-state index is 11.8. The molecule has 0 aliphatic carbocycles. The van der Waals surface area contributed by atoms with Gasteiger partial charge >= 0.3 is 0 Å². The van der Waals surface area contributed by atoms with Crippen LogP contribution in [0.15, 0.2) is 42.5 Å². The number of aliphatic hydroxyl groups is 1.